The Balaban J connectivity index is 1.84. The van der Waals surface area contributed by atoms with Gasteiger partial charge in [0.1, 0.15) is 11.5 Å². The number of amides is 1. The van der Waals surface area contributed by atoms with Crippen LogP contribution in [-0.4, -0.2) is 17.4 Å². The summed E-state index contributed by atoms with van der Waals surface area (Å²) in [5.74, 6) is -0.460. The molecule has 0 aliphatic carbocycles. The fraction of sp³-hybridized carbons (Fsp3) is 0.167. The number of hydrogen-bond acceptors (Lipinski definition) is 3. The average molecular weight is 250 g/mol. The van der Waals surface area contributed by atoms with E-state index < -0.39 is 0 Å². The lowest BCUT2D eigenvalue weighted by Gasteiger charge is -2.04. The van der Waals surface area contributed by atoms with Crippen LogP contribution in [0.3, 0.4) is 0 Å². The molecule has 0 aliphatic rings. The van der Waals surface area contributed by atoms with E-state index in [1.54, 1.807) is 29.1 Å². The maximum Gasteiger partial charge on any atom is 0.270 e. The second-order valence-corrected chi connectivity index (χ2v) is 4.19. The van der Waals surface area contributed by atoms with Crippen LogP contribution in [0.25, 0.3) is 0 Å². The van der Waals surface area contributed by atoms with Gasteiger partial charge in [0.15, 0.2) is 0 Å². The van der Waals surface area contributed by atoms with E-state index in [-0.39, 0.29) is 11.7 Å². The van der Waals surface area contributed by atoms with Crippen LogP contribution in [-0.2, 0) is 6.42 Å². The van der Waals surface area contributed by atoms with Gasteiger partial charge in [-0.05, 0) is 18.1 Å². The quantitative estimate of drug-likeness (QED) is 0.904. The first kappa shape index (κ1) is 11.7. The molecule has 0 aliphatic heterocycles. The molecule has 5 heteroatoms. The van der Waals surface area contributed by atoms with Crippen LogP contribution < -0.4 is 5.32 Å². The SMILES string of the molecule is O=C(NCCc1ccccc1F)c1cscn1. The Morgan fingerprint density at radius 3 is 2.94 bits per heavy atom. The topological polar surface area (TPSA) is 42.0 Å². The zero-order chi connectivity index (χ0) is 12.1. The fourth-order valence-electron chi connectivity index (χ4n) is 1.43. The molecule has 0 atom stereocenters. The molecule has 0 spiro atoms. The molecule has 0 unspecified atom stereocenters. The first-order valence-corrected chi connectivity index (χ1v) is 6.11. The Bertz CT molecular complexity index is 499. The van der Waals surface area contributed by atoms with Gasteiger partial charge in [0.25, 0.3) is 5.91 Å². The van der Waals surface area contributed by atoms with Crippen molar-refractivity contribution in [1.29, 1.82) is 0 Å². The smallest absolute Gasteiger partial charge is 0.270 e. The van der Waals surface area contributed by atoms with Crippen molar-refractivity contribution < 1.29 is 9.18 Å². The number of thiazole rings is 1. The van der Waals surface area contributed by atoms with E-state index >= 15 is 0 Å². The van der Waals surface area contributed by atoms with Crippen molar-refractivity contribution in [2.45, 2.75) is 6.42 Å². The van der Waals surface area contributed by atoms with Gasteiger partial charge in [0.2, 0.25) is 0 Å². The lowest BCUT2D eigenvalue weighted by molar-refractivity contribution is 0.0950. The zero-order valence-corrected chi connectivity index (χ0v) is 9.84. The number of halogens is 1. The molecular weight excluding hydrogens is 239 g/mol. The van der Waals surface area contributed by atoms with Crippen LogP contribution >= 0.6 is 11.3 Å². The highest BCUT2D eigenvalue weighted by molar-refractivity contribution is 7.07. The molecule has 1 heterocycles. The van der Waals surface area contributed by atoms with E-state index in [0.717, 1.165) is 0 Å². The number of hydrogen-bond donors (Lipinski definition) is 1. The van der Waals surface area contributed by atoms with Gasteiger partial charge in [-0.25, -0.2) is 9.37 Å². The van der Waals surface area contributed by atoms with Gasteiger partial charge in [-0.2, -0.15) is 0 Å². The van der Waals surface area contributed by atoms with E-state index in [0.29, 0.717) is 24.2 Å². The minimum absolute atomic E-state index is 0.220. The maximum atomic E-state index is 13.3. The average Bonchev–Trinajstić information content (AvgIpc) is 2.85. The van der Waals surface area contributed by atoms with E-state index in [1.807, 2.05) is 0 Å². The summed E-state index contributed by atoms with van der Waals surface area (Å²) in [6.07, 6.45) is 0.475. The van der Waals surface area contributed by atoms with Crippen molar-refractivity contribution >= 4 is 17.2 Å². The molecular formula is C12H11FN2OS. The van der Waals surface area contributed by atoms with Gasteiger partial charge in [-0.15, -0.1) is 11.3 Å². The van der Waals surface area contributed by atoms with Crippen LogP contribution in [0.5, 0.6) is 0 Å². The minimum atomic E-state index is -0.240. The second-order valence-electron chi connectivity index (χ2n) is 3.47. The second kappa shape index (κ2) is 5.54. The van der Waals surface area contributed by atoms with Crippen molar-refractivity contribution in [3.05, 3.63) is 52.2 Å². The summed E-state index contributed by atoms with van der Waals surface area (Å²) in [5, 5.41) is 4.38. The molecule has 1 aromatic carbocycles. The molecule has 0 saturated heterocycles. The summed E-state index contributed by atoms with van der Waals surface area (Å²) < 4.78 is 13.3. The van der Waals surface area contributed by atoms with Gasteiger partial charge in [0.05, 0.1) is 5.51 Å². The summed E-state index contributed by atoms with van der Waals surface area (Å²) in [4.78, 5) is 15.4. The lowest BCUT2D eigenvalue weighted by Crippen LogP contribution is -2.26. The first-order valence-electron chi connectivity index (χ1n) is 5.17. The molecule has 0 radical (unpaired) electrons. The third-order valence-electron chi connectivity index (χ3n) is 2.30. The van der Waals surface area contributed by atoms with E-state index in [1.165, 1.54) is 17.4 Å². The first-order chi connectivity index (χ1) is 8.27. The highest BCUT2D eigenvalue weighted by atomic mass is 32.1. The van der Waals surface area contributed by atoms with Gasteiger partial charge in [0, 0.05) is 11.9 Å². The van der Waals surface area contributed by atoms with Crippen molar-refractivity contribution in [3.63, 3.8) is 0 Å². The number of rotatable bonds is 4. The Hall–Kier alpha value is -1.75. The molecule has 3 nitrogen and oxygen atoms in total. The molecule has 1 N–H and O–H groups in total. The maximum absolute atomic E-state index is 13.3. The Morgan fingerprint density at radius 2 is 2.24 bits per heavy atom. The number of carbonyl (C=O) groups excluding carboxylic acids is 1. The van der Waals surface area contributed by atoms with Crippen LogP contribution in [0.1, 0.15) is 16.1 Å². The normalized spacial score (nSPS) is 10.2. The Kier molecular flexibility index (Phi) is 3.82. The third-order valence-corrected chi connectivity index (χ3v) is 2.89. The lowest BCUT2D eigenvalue weighted by atomic mass is 10.1. The van der Waals surface area contributed by atoms with Crippen molar-refractivity contribution in [2.24, 2.45) is 0 Å². The van der Waals surface area contributed by atoms with Gasteiger partial charge in [-0.3, -0.25) is 4.79 Å². The molecule has 2 rings (SSSR count). The van der Waals surface area contributed by atoms with Crippen LogP contribution in [0.2, 0.25) is 0 Å². The summed E-state index contributed by atoms with van der Waals surface area (Å²) in [6.45, 7) is 0.400. The van der Waals surface area contributed by atoms with Crippen LogP contribution in [0.15, 0.2) is 35.2 Å². The fourth-order valence-corrected chi connectivity index (χ4v) is 1.96. The molecule has 0 saturated carbocycles. The molecule has 0 bridgehead atoms. The highest BCUT2D eigenvalue weighted by Crippen LogP contribution is 2.06. The van der Waals surface area contributed by atoms with Gasteiger partial charge in [-0.1, -0.05) is 18.2 Å². The molecule has 1 aromatic heterocycles. The molecule has 17 heavy (non-hydrogen) atoms. The largest absolute Gasteiger partial charge is 0.350 e. The molecule has 1 amide bonds. The Labute approximate surface area is 102 Å². The summed E-state index contributed by atoms with van der Waals surface area (Å²) >= 11 is 1.37. The molecule has 2 aromatic rings. The van der Waals surface area contributed by atoms with E-state index in [4.69, 9.17) is 0 Å². The number of carbonyl (C=O) groups is 1. The Morgan fingerprint density at radius 1 is 1.41 bits per heavy atom. The van der Waals surface area contributed by atoms with E-state index in [2.05, 4.69) is 10.3 Å². The predicted octanol–water partition coefficient (Wildman–Crippen LogP) is 2.25. The van der Waals surface area contributed by atoms with E-state index in [9.17, 15) is 9.18 Å². The van der Waals surface area contributed by atoms with Crippen LogP contribution in [0, 0.1) is 5.82 Å². The summed E-state index contributed by atoms with van der Waals surface area (Å²) in [6, 6.07) is 6.55. The van der Waals surface area contributed by atoms with Crippen molar-refractivity contribution in [2.75, 3.05) is 6.54 Å². The van der Waals surface area contributed by atoms with Crippen molar-refractivity contribution in [3.8, 4) is 0 Å². The number of benzene rings is 1. The standard InChI is InChI=1S/C12H11FN2OS/c13-10-4-2-1-3-9(10)5-6-14-12(16)11-7-17-8-15-11/h1-4,7-8H,5-6H2,(H,14,16). The predicted molar refractivity (Wildman–Crippen MR) is 64.6 cm³/mol. The number of nitrogens with one attached hydrogen (secondary N) is 1. The van der Waals surface area contributed by atoms with Gasteiger partial charge < -0.3 is 5.32 Å². The highest BCUT2D eigenvalue weighted by Gasteiger charge is 2.07. The van der Waals surface area contributed by atoms with Gasteiger partial charge >= 0.3 is 0 Å². The van der Waals surface area contributed by atoms with Crippen LogP contribution in [0.4, 0.5) is 4.39 Å². The monoisotopic (exact) mass is 250 g/mol. The number of aromatic nitrogens is 1. The third kappa shape index (κ3) is 3.10. The summed E-state index contributed by atoms with van der Waals surface area (Å²) in [7, 11) is 0. The zero-order valence-electron chi connectivity index (χ0n) is 9.02. The molecule has 0 fully saturated rings. The van der Waals surface area contributed by atoms with Crippen molar-refractivity contribution in [1.82, 2.24) is 10.3 Å². The summed E-state index contributed by atoms with van der Waals surface area (Å²) in [5.41, 5.74) is 2.61. The minimum Gasteiger partial charge on any atom is -0.350 e. The molecule has 88 valence electrons. The number of nitrogens with zero attached hydrogens (tertiary/aromatic N) is 1.